The van der Waals surface area contributed by atoms with Gasteiger partial charge in [-0.1, -0.05) is 53.0 Å². The molecule has 0 amide bonds. The quantitative estimate of drug-likeness (QED) is 0.556. The van der Waals surface area contributed by atoms with Crippen LogP contribution in [-0.2, 0) is 0 Å². The Kier molecular flexibility index (Phi) is 4.99. The molecule has 0 radical (unpaired) electrons. The van der Waals surface area contributed by atoms with Crippen LogP contribution < -0.4 is 10.5 Å². The molecule has 0 aliphatic rings. The fraction of sp³-hybridized carbons (Fsp3) is 0.0588. The summed E-state index contributed by atoms with van der Waals surface area (Å²) >= 11 is 18.3. The SMILES string of the molecule is Cc1cccc(-c2cc(Oc3c(Cl)cc(N)cc3Cl)nnc2Cl)c1F. The molecule has 0 unspecified atom stereocenters. The average molecular weight is 399 g/mol. The maximum Gasteiger partial charge on any atom is 0.239 e. The van der Waals surface area contributed by atoms with Crippen LogP contribution in [0.4, 0.5) is 10.1 Å². The molecule has 3 rings (SSSR count). The second-order valence-corrected chi connectivity index (χ2v) is 6.41. The van der Waals surface area contributed by atoms with Gasteiger partial charge >= 0.3 is 0 Å². The number of nitrogens with zero attached hydrogens (tertiary/aromatic N) is 2. The Morgan fingerprint density at radius 2 is 1.68 bits per heavy atom. The van der Waals surface area contributed by atoms with Crippen molar-refractivity contribution in [2.45, 2.75) is 6.92 Å². The number of nitrogens with two attached hydrogens (primary N) is 1. The molecule has 2 N–H and O–H groups in total. The van der Waals surface area contributed by atoms with Gasteiger partial charge < -0.3 is 10.5 Å². The lowest BCUT2D eigenvalue weighted by Crippen LogP contribution is -1.97. The number of halogens is 4. The van der Waals surface area contributed by atoms with Crippen LogP contribution in [0.5, 0.6) is 11.6 Å². The lowest BCUT2D eigenvalue weighted by Gasteiger charge is -2.11. The topological polar surface area (TPSA) is 61.0 Å². The van der Waals surface area contributed by atoms with Crippen molar-refractivity contribution in [2.24, 2.45) is 0 Å². The molecule has 0 saturated heterocycles. The van der Waals surface area contributed by atoms with Gasteiger partial charge in [0, 0.05) is 22.9 Å². The van der Waals surface area contributed by atoms with Gasteiger partial charge in [-0.05, 0) is 24.6 Å². The predicted octanol–water partition coefficient (Wildman–Crippen LogP) is 5.93. The Hall–Kier alpha value is -2.08. The van der Waals surface area contributed by atoms with E-state index in [1.165, 1.54) is 18.2 Å². The smallest absolute Gasteiger partial charge is 0.239 e. The number of nitrogen functional groups attached to an aromatic ring is 1. The number of benzene rings is 2. The van der Waals surface area contributed by atoms with Crippen LogP contribution in [0, 0.1) is 12.7 Å². The molecular formula is C17H11Cl3FN3O. The molecule has 0 fully saturated rings. The van der Waals surface area contributed by atoms with E-state index < -0.39 is 5.82 Å². The number of aryl methyl sites for hydroxylation is 1. The zero-order chi connectivity index (χ0) is 18.1. The lowest BCUT2D eigenvalue weighted by atomic mass is 10.0. The van der Waals surface area contributed by atoms with E-state index in [0.717, 1.165) is 0 Å². The minimum Gasteiger partial charge on any atom is -0.434 e. The van der Waals surface area contributed by atoms with Gasteiger partial charge in [-0.3, -0.25) is 0 Å². The molecular weight excluding hydrogens is 388 g/mol. The third-order valence-electron chi connectivity index (χ3n) is 3.44. The average Bonchev–Trinajstić information content (AvgIpc) is 2.55. The van der Waals surface area contributed by atoms with Crippen LogP contribution >= 0.6 is 34.8 Å². The van der Waals surface area contributed by atoms with E-state index in [2.05, 4.69) is 10.2 Å². The second kappa shape index (κ2) is 7.04. The Labute approximate surface area is 158 Å². The monoisotopic (exact) mass is 397 g/mol. The summed E-state index contributed by atoms with van der Waals surface area (Å²) in [6.07, 6.45) is 0. The van der Waals surface area contributed by atoms with Crippen LogP contribution in [0.2, 0.25) is 15.2 Å². The zero-order valence-corrected chi connectivity index (χ0v) is 15.1. The van der Waals surface area contributed by atoms with E-state index in [1.807, 2.05) is 0 Å². The highest BCUT2D eigenvalue weighted by atomic mass is 35.5. The highest BCUT2D eigenvalue weighted by Gasteiger charge is 2.16. The Morgan fingerprint density at radius 1 is 1.00 bits per heavy atom. The lowest BCUT2D eigenvalue weighted by molar-refractivity contribution is 0.456. The minimum absolute atomic E-state index is 0.0475. The van der Waals surface area contributed by atoms with Gasteiger partial charge in [-0.15, -0.1) is 10.2 Å². The van der Waals surface area contributed by atoms with E-state index in [4.69, 9.17) is 45.3 Å². The number of hydrogen-bond acceptors (Lipinski definition) is 4. The molecule has 0 bridgehead atoms. The first-order valence-corrected chi connectivity index (χ1v) is 8.21. The van der Waals surface area contributed by atoms with E-state index in [1.54, 1.807) is 25.1 Å². The molecule has 2 aromatic carbocycles. The predicted molar refractivity (Wildman–Crippen MR) is 98.1 cm³/mol. The minimum atomic E-state index is -0.396. The molecule has 1 heterocycles. The largest absolute Gasteiger partial charge is 0.434 e. The number of hydrogen-bond donors (Lipinski definition) is 1. The van der Waals surface area contributed by atoms with Crippen molar-refractivity contribution in [3.05, 3.63) is 63.0 Å². The van der Waals surface area contributed by atoms with Crippen LogP contribution in [0.3, 0.4) is 0 Å². The number of ether oxygens (including phenoxy) is 1. The number of aromatic nitrogens is 2. The molecule has 0 saturated carbocycles. The maximum atomic E-state index is 14.4. The first-order chi connectivity index (χ1) is 11.9. The Balaban J connectivity index is 2.05. The van der Waals surface area contributed by atoms with Gasteiger partial charge in [0.1, 0.15) is 5.82 Å². The molecule has 25 heavy (non-hydrogen) atoms. The first kappa shape index (κ1) is 17.7. The van der Waals surface area contributed by atoms with Gasteiger partial charge in [0.15, 0.2) is 10.9 Å². The van der Waals surface area contributed by atoms with Crippen LogP contribution in [0.1, 0.15) is 5.56 Å². The summed E-state index contributed by atoms with van der Waals surface area (Å²) in [5.41, 5.74) is 7.17. The third kappa shape index (κ3) is 3.63. The summed E-state index contributed by atoms with van der Waals surface area (Å²) in [7, 11) is 0. The van der Waals surface area contributed by atoms with Crippen molar-refractivity contribution >= 4 is 40.5 Å². The summed E-state index contributed by atoms with van der Waals surface area (Å²) in [5.74, 6) is -0.161. The zero-order valence-electron chi connectivity index (χ0n) is 12.9. The third-order valence-corrected chi connectivity index (χ3v) is 4.28. The van der Waals surface area contributed by atoms with Gasteiger partial charge in [0.25, 0.3) is 0 Å². The molecule has 0 spiro atoms. The van der Waals surface area contributed by atoms with E-state index in [-0.39, 0.29) is 26.8 Å². The van der Waals surface area contributed by atoms with Crippen LogP contribution in [0.15, 0.2) is 36.4 Å². The fourth-order valence-electron chi connectivity index (χ4n) is 2.23. The molecule has 3 aromatic rings. The molecule has 0 aliphatic heterocycles. The summed E-state index contributed by atoms with van der Waals surface area (Å²) in [5, 5.41) is 8.13. The number of rotatable bonds is 3. The standard InChI is InChI=1S/C17H11Cl3FN3O/c1-8-3-2-4-10(15(8)21)11-7-14(23-24-17(11)20)25-16-12(18)5-9(22)6-13(16)19/h2-7H,22H2,1H3. The molecule has 0 aliphatic carbocycles. The summed E-state index contributed by atoms with van der Waals surface area (Å²) in [6.45, 7) is 1.66. The van der Waals surface area contributed by atoms with Gasteiger partial charge in [-0.2, -0.15) is 0 Å². The van der Waals surface area contributed by atoms with Crippen molar-refractivity contribution in [3.63, 3.8) is 0 Å². The van der Waals surface area contributed by atoms with E-state index in [0.29, 0.717) is 22.4 Å². The summed E-state index contributed by atoms with van der Waals surface area (Å²) in [6, 6.07) is 9.43. The van der Waals surface area contributed by atoms with Crippen molar-refractivity contribution in [3.8, 4) is 22.8 Å². The molecule has 4 nitrogen and oxygen atoms in total. The van der Waals surface area contributed by atoms with Gasteiger partial charge in [0.05, 0.1) is 10.0 Å². The summed E-state index contributed by atoms with van der Waals surface area (Å²) < 4.78 is 20.0. The van der Waals surface area contributed by atoms with Gasteiger partial charge in [0.2, 0.25) is 5.88 Å². The van der Waals surface area contributed by atoms with Crippen molar-refractivity contribution < 1.29 is 9.13 Å². The van der Waals surface area contributed by atoms with E-state index >= 15 is 0 Å². The fourth-order valence-corrected chi connectivity index (χ4v) is 3.01. The highest BCUT2D eigenvalue weighted by molar-refractivity contribution is 6.37. The maximum absolute atomic E-state index is 14.4. The summed E-state index contributed by atoms with van der Waals surface area (Å²) in [4.78, 5) is 0. The second-order valence-electron chi connectivity index (χ2n) is 5.24. The molecule has 8 heteroatoms. The molecule has 128 valence electrons. The van der Waals surface area contributed by atoms with E-state index in [9.17, 15) is 4.39 Å². The van der Waals surface area contributed by atoms with Crippen molar-refractivity contribution in [1.29, 1.82) is 0 Å². The molecule has 1 aromatic heterocycles. The normalized spacial score (nSPS) is 10.8. The van der Waals surface area contributed by atoms with Crippen molar-refractivity contribution in [2.75, 3.05) is 5.73 Å². The highest BCUT2D eigenvalue weighted by Crippen LogP contribution is 2.39. The van der Waals surface area contributed by atoms with Crippen LogP contribution in [0.25, 0.3) is 11.1 Å². The number of anilines is 1. The van der Waals surface area contributed by atoms with Crippen LogP contribution in [-0.4, -0.2) is 10.2 Å². The van der Waals surface area contributed by atoms with Crippen molar-refractivity contribution in [1.82, 2.24) is 10.2 Å². The van der Waals surface area contributed by atoms with Gasteiger partial charge in [-0.25, -0.2) is 4.39 Å². The Bertz CT molecular complexity index is 943. The Morgan fingerprint density at radius 3 is 2.36 bits per heavy atom. The molecule has 0 atom stereocenters. The first-order valence-electron chi connectivity index (χ1n) is 7.08.